The Morgan fingerprint density at radius 2 is 2.18 bits per heavy atom. The van der Waals surface area contributed by atoms with Crippen LogP contribution >= 0.6 is 0 Å². The Morgan fingerprint density at radius 1 is 1.47 bits per heavy atom. The zero-order valence-electron chi connectivity index (χ0n) is 10.7. The Hall–Kier alpha value is -1.55. The highest BCUT2D eigenvalue weighted by Crippen LogP contribution is 2.26. The van der Waals surface area contributed by atoms with Gasteiger partial charge in [-0.3, -0.25) is 0 Å². The van der Waals surface area contributed by atoms with Crippen LogP contribution in [0.4, 0.5) is 0 Å². The SMILES string of the molecule is CNC(C)c1cc(C)ccc1OCC(=O)OC. The normalized spacial score (nSPS) is 12.0. The molecule has 1 unspecified atom stereocenters. The van der Waals surface area contributed by atoms with Crippen LogP contribution in [-0.2, 0) is 9.53 Å². The first-order valence-electron chi connectivity index (χ1n) is 5.56. The third-order valence-corrected chi connectivity index (χ3v) is 2.64. The predicted molar refractivity (Wildman–Crippen MR) is 66.2 cm³/mol. The van der Waals surface area contributed by atoms with Crippen LogP contribution in [-0.4, -0.2) is 26.7 Å². The van der Waals surface area contributed by atoms with Crippen LogP contribution in [0.25, 0.3) is 0 Å². The fourth-order valence-electron chi connectivity index (χ4n) is 1.49. The summed E-state index contributed by atoms with van der Waals surface area (Å²) in [7, 11) is 3.23. The van der Waals surface area contributed by atoms with E-state index in [0.29, 0.717) is 5.75 Å². The highest BCUT2D eigenvalue weighted by molar-refractivity contribution is 5.70. The number of esters is 1. The second-order valence-corrected chi connectivity index (χ2v) is 3.92. The molecule has 1 aromatic rings. The van der Waals surface area contributed by atoms with E-state index in [2.05, 4.69) is 10.1 Å². The van der Waals surface area contributed by atoms with Crippen molar-refractivity contribution in [2.24, 2.45) is 0 Å². The number of hydrogen-bond donors (Lipinski definition) is 1. The molecule has 0 heterocycles. The number of methoxy groups -OCH3 is 1. The minimum Gasteiger partial charge on any atom is -0.482 e. The van der Waals surface area contributed by atoms with E-state index in [0.717, 1.165) is 11.1 Å². The lowest BCUT2D eigenvalue weighted by Gasteiger charge is -2.16. The first-order valence-corrected chi connectivity index (χ1v) is 5.56. The second-order valence-electron chi connectivity index (χ2n) is 3.92. The van der Waals surface area contributed by atoms with E-state index >= 15 is 0 Å². The lowest BCUT2D eigenvalue weighted by atomic mass is 10.0. The van der Waals surface area contributed by atoms with Gasteiger partial charge in [-0.15, -0.1) is 0 Å². The molecule has 0 amide bonds. The van der Waals surface area contributed by atoms with E-state index in [1.807, 2.05) is 39.1 Å². The summed E-state index contributed by atoms with van der Waals surface area (Å²) in [5, 5.41) is 3.15. The van der Waals surface area contributed by atoms with E-state index in [9.17, 15) is 4.79 Å². The highest BCUT2D eigenvalue weighted by atomic mass is 16.6. The summed E-state index contributed by atoms with van der Waals surface area (Å²) >= 11 is 0. The molecule has 0 aliphatic heterocycles. The summed E-state index contributed by atoms with van der Waals surface area (Å²) in [5.41, 5.74) is 2.20. The average molecular weight is 237 g/mol. The number of benzene rings is 1. The molecule has 0 radical (unpaired) electrons. The van der Waals surface area contributed by atoms with Crippen molar-refractivity contribution in [3.63, 3.8) is 0 Å². The van der Waals surface area contributed by atoms with Crippen LogP contribution in [0.5, 0.6) is 5.75 Å². The number of aryl methyl sites for hydroxylation is 1. The first kappa shape index (κ1) is 13.5. The van der Waals surface area contributed by atoms with E-state index in [1.54, 1.807) is 0 Å². The molecule has 0 aliphatic carbocycles. The molecule has 1 aromatic carbocycles. The average Bonchev–Trinajstić information content (AvgIpc) is 2.35. The highest BCUT2D eigenvalue weighted by Gasteiger charge is 2.11. The van der Waals surface area contributed by atoms with E-state index in [4.69, 9.17) is 4.74 Å². The van der Waals surface area contributed by atoms with Crippen molar-refractivity contribution in [2.45, 2.75) is 19.9 Å². The molecule has 0 aromatic heterocycles. The smallest absolute Gasteiger partial charge is 0.343 e. The van der Waals surface area contributed by atoms with Gasteiger partial charge in [0.05, 0.1) is 7.11 Å². The Bertz CT molecular complexity index is 390. The van der Waals surface area contributed by atoms with E-state index in [-0.39, 0.29) is 18.6 Å². The summed E-state index contributed by atoms with van der Waals surface area (Å²) in [6, 6.07) is 6.05. The molecule has 1 atom stereocenters. The minimum absolute atomic E-state index is 0.0665. The summed E-state index contributed by atoms with van der Waals surface area (Å²) in [4.78, 5) is 11.0. The van der Waals surface area contributed by atoms with Crippen molar-refractivity contribution < 1.29 is 14.3 Å². The van der Waals surface area contributed by atoms with Crippen LogP contribution < -0.4 is 10.1 Å². The topological polar surface area (TPSA) is 47.6 Å². The molecule has 0 saturated heterocycles. The molecule has 0 bridgehead atoms. The van der Waals surface area contributed by atoms with Gasteiger partial charge in [-0.05, 0) is 27.0 Å². The lowest BCUT2D eigenvalue weighted by molar-refractivity contribution is -0.142. The molecular formula is C13H19NO3. The molecule has 17 heavy (non-hydrogen) atoms. The monoisotopic (exact) mass is 237 g/mol. The molecule has 0 aliphatic rings. The van der Waals surface area contributed by atoms with Crippen molar-refractivity contribution >= 4 is 5.97 Å². The molecule has 4 heteroatoms. The van der Waals surface area contributed by atoms with Gasteiger partial charge < -0.3 is 14.8 Å². The van der Waals surface area contributed by atoms with Gasteiger partial charge in [0, 0.05) is 11.6 Å². The van der Waals surface area contributed by atoms with Gasteiger partial charge in [0.1, 0.15) is 5.75 Å². The minimum atomic E-state index is -0.381. The fourth-order valence-corrected chi connectivity index (χ4v) is 1.49. The van der Waals surface area contributed by atoms with Gasteiger partial charge in [0.25, 0.3) is 0 Å². The van der Waals surface area contributed by atoms with Crippen molar-refractivity contribution in [2.75, 3.05) is 20.8 Å². The number of nitrogens with one attached hydrogen (secondary N) is 1. The van der Waals surface area contributed by atoms with Crippen molar-refractivity contribution in [3.8, 4) is 5.75 Å². The summed E-state index contributed by atoms with van der Waals surface area (Å²) in [6.07, 6.45) is 0. The van der Waals surface area contributed by atoms with Crippen molar-refractivity contribution in [1.82, 2.24) is 5.32 Å². The van der Waals surface area contributed by atoms with Gasteiger partial charge >= 0.3 is 5.97 Å². The number of rotatable bonds is 5. The maximum absolute atomic E-state index is 11.0. The van der Waals surface area contributed by atoms with Gasteiger partial charge in [-0.1, -0.05) is 17.7 Å². The van der Waals surface area contributed by atoms with Gasteiger partial charge in [-0.2, -0.15) is 0 Å². The Morgan fingerprint density at radius 3 is 2.76 bits per heavy atom. The standard InChI is InChI=1S/C13H19NO3/c1-9-5-6-12(17-8-13(15)16-4)11(7-9)10(2)14-3/h5-7,10,14H,8H2,1-4H3. The third kappa shape index (κ3) is 3.75. The molecule has 0 fully saturated rings. The zero-order chi connectivity index (χ0) is 12.8. The van der Waals surface area contributed by atoms with Gasteiger partial charge in [0.2, 0.25) is 0 Å². The van der Waals surface area contributed by atoms with Crippen LogP contribution in [0.1, 0.15) is 24.1 Å². The number of hydrogen-bond acceptors (Lipinski definition) is 4. The zero-order valence-corrected chi connectivity index (χ0v) is 10.7. The number of ether oxygens (including phenoxy) is 2. The van der Waals surface area contributed by atoms with E-state index < -0.39 is 0 Å². The number of carbonyl (C=O) groups excluding carboxylic acids is 1. The maximum Gasteiger partial charge on any atom is 0.343 e. The van der Waals surface area contributed by atoms with Crippen LogP contribution in [0.15, 0.2) is 18.2 Å². The molecule has 1 rings (SSSR count). The summed E-state index contributed by atoms with van der Waals surface area (Å²) in [6.45, 7) is 4.00. The third-order valence-electron chi connectivity index (χ3n) is 2.64. The largest absolute Gasteiger partial charge is 0.482 e. The fraction of sp³-hybridized carbons (Fsp3) is 0.462. The molecule has 4 nitrogen and oxygen atoms in total. The Kier molecular flexibility index (Phi) is 4.97. The van der Waals surface area contributed by atoms with Crippen molar-refractivity contribution in [3.05, 3.63) is 29.3 Å². The maximum atomic E-state index is 11.0. The Balaban J connectivity index is 2.86. The summed E-state index contributed by atoms with van der Waals surface area (Å²) in [5.74, 6) is 0.330. The number of carbonyl (C=O) groups is 1. The molecule has 0 saturated carbocycles. The predicted octanol–water partition coefficient (Wildman–Crippen LogP) is 1.83. The van der Waals surface area contributed by atoms with Crippen LogP contribution in [0, 0.1) is 6.92 Å². The van der Waals surface area contributed by atoms with E-state index in [1.165, 1.54) is 7.11 Å². The molecule has 1 N–H and O–H groups in total. The quantitative estimate of drug-likeness (QED) is 0.794. The van der Waals surface area contributed by atoms with Crippen LogP contribution in [0.2, 0.25) is 0 Å². The Labute approximate surface area is 102 Å². The van der Waals surface area contributed by atoms with Crippen molar-refractivity contribution in [1.29, 1.82) is 0 Å². The second kappa shape index (κ2) is 6.25. The van der Waals surface area contributed by atoms with Crippen LogP contribution in [0.3, 0.4) is 0 Å². The molecular weight excluding hydrogens is 218 g/mol. The molecule has 94 valence electrons. The van der Waals surface area contributed by atoms with Gasteiger partial charge in [-0.25, -0.2) is 4.79 Å². The molecule has 0 spiro atoms. The summed E-state index contributed by atoms with van der Waals surface area (Å²) < 4.78 is 10.00. The van der Waals surface area contributed by atoms with Gasteiger partial charge in [0.15, 0.2) is 6.61 Å². The lowest BCUT2D eigenvalue weighted by Crippen LogP contribution is -2.17. The first-order chi connectivity index (χ1) is 8.08.